The molecule has 0 atom stereocenters. The summed E-state index contributed by atoms with van der Waals surface area (Å²) in [7, 11) is 0. The minimum absolute atomic E-state index is 0.0634. The smallest absolute Gasteiger partial charge is 0.323 e. The Bertz CT molecular complexity index is 641. The zero-order valence-corrected chi connectivity index (χ0v) is 12.8. The molecular weight excluding hydrogens is 290 g/mol. The van der Waals surface area contributed by atoms with Crippen LogP contribution in [0.4, 0.5) is 0 Å². The predicted octanol–water partition coefficient (Wildman–Crippen LogP) is 2.89. The Balaban J connectivity index is 1.97. The van der Waals surface area contributed by atoms with E-state index >= 15 is 0 Å². The van der Waals surface area contributed by atoms with Gasteiger partial charge in [0.1, 0.15) is 6.54 Å². The lowest BCUT2D eigenvalue weighted by Gasteiger charge is -2.26. The van der Waals surface area contributed by atoms with Crippen LogP contribution in [-0.2, 0) is 9.59 Å². The van der Waals surface area contributed by atoms with Crippen molar-refractivity contribution >= 4 is 11.9 Å². The summed E-state index contributed by atoms with van der Waals surface area (Å²) in [5.41, 5.74) is 1.78. The molecule has 1 amide bonds. The Morgan fingerprint density at radius 1 is 0.957 bits per heavy atom. The molecule has 1 aliphatic carbocycles. The molecule has 118 valence electrons. The van der Waals surface area contributed by atoms with E-state index in [1.807, 2.05) is 60.7 Å². The largest absolute Gasteiger partial charge is 0.480 e. The third kappa shape index (κ3) is 3.59. The monoisotopic (exact) mass is 309 g/mol. The van der Waals surface area contributed by atoms with E-state index in [0.29, 0.717) is 0 Å². The molecule has 0 bridgehead atoms. The number of hydrogen-bond acceptors (Lipinski definition) is 2. The number of carboxylic acids is 1. The molecule has 2 aromatic carbocycles. The summed E-state index contributed by atoms with van der Waals surface area (Å²) in [5, 5.41) is 9.14. The predicted molar refractivity (Wildman–Crippen MR) is 87.1 cm³/mol. The van der Waals surface area contributed by atoms with Gasteiger partial charge in [0, 0.05) is 6.04 Å². The van der Waals surface area contributed by atoms with Crippen LogP contribution in [0.5, 0.6) is 0 Å². The van der Waals surface area contributed by atoms with Gasteiger partial charge >= 0.3 is 5.97 Å². The number of nitrogens with zero attached hydrogens (tertiary/aromatic N) is 1. The van der Waals surface area contributed by atoms with Crippen LogP contribution in [-0.4, -0.2) is 34.5 Å². The number of rotatable bonds is 6. The topological polar surface area (TPSA) is 57.6 Å². The third-order valence-corrected chi connectivity index (χ3v) is 4.09. The van der Waals surface area contributed by atoms with E-state index in [9.17, 15) is 9.59 Å². The second kappa shape index (κ2) is 6.65. The summed E-state index contributed by atoms with van der Waals surface area (Å²) in [6.07, 6.45) is 1.77. The van der Waals surface area contributed by atoms with Crippen molar-refractivity contribution in [3.8, 4) is 0 Å². The molecular formula is C19H19NO3. The third-order valence-electron chi connectivity index (χ3n) is 4.09. The molecule has 0 unspecified atom stereocenters. The Morgan fingerprint density at radius 2 is 1.43 bits per heavy atom. The first-order valence-electron chi connectivity index (χ1n) is 7.79. The normalized spacial score (nSPS) is 13.8. The van der Waals surface area contributed by atoms with Crippen molar-refractivity contribution in [2.24, 2.45) is 0 Å². The van der Waals surface area contributed by atoms with Crippen molar-refractivity contribution in [3.63, 3.8) is 0 Å². The van der Waals surface area contributed by atoms with Gasteiger partial charge in [-0.25, -0.2) is 0 Å². The Hall–Kier alpha value is -2.62. The Morgan fingerprint density at radius 3 is 1.83 bits per heavy atom. The van der Waals surface area contributed by atoms with Gasteiger partial charge in [-0.3, -0.25) is 9.59 Å². The molecule has 0 spiro atoms. The van der Waals surface area contributed by atoms with Crippen molar-refractivity contribution < 1.29 is 14.7 Å². The first-order chi connectivity index (χ1) is 11.2. The maximum Gasteiger partial charge on any atom is 0.323 e. The van der Waals surface area contributed by atoms with Crippen LogP contribution >= 0.6 is 0 Å². The minimum atomic E-state index is -0.967. The molecule has 2 aromatic rings. The van der Waals surface area contributed by atoms with Crippen LogP contribution in [0.1, 0.15) is 29.9 Å². The average molecular weight is 309 g/mol. The molecule has 0 radical (unpaired) electrons. The molecule has 23 heavy (non-hydrogen) atoms. The molecule has 4 nitrogen and oxygen atoms in total. The fourth-order valence-electron chi connectivity index (χ4n) is 2.85. The minimum Gasteiger partial charge on any atom is -0.480 e. The average Bonchev–Trinajstić information content (AvgIpc) is 3.39. The number of aliphatic carboxylic acids is 1. The lowest BCUT2D eigenvalue weighted by atomic mass is 9.90. The van der Waals surface area contributed by atoms with Gasteiger partial charge in [-0.05, 0) is 24.0 Å². The highest BCUT2D eigenvalue weighted by Gasteiger charge is 2.37. The summed E-state index contributed by atoms with van der Waals surface area (Å²) in [5.74, 6) is -1.56. The van der Waals surface area contributed by atoms with Crippen molar-refractivity contribution in [3.05, 3.63) is 71.8 Å². The maximum atomic E-state index is 13.1. The fourth-order valence-corrected chi connectivity index (χ4v) is 2.85. The van der Waals surface area contributed by atoms with Crippen molar-refractivity contribution in [1.82, 2.24) is 4.90 Å². The van der Waals surface area contributed by atoms with Crippen LogP contribution in [0.2, 0.25) is 0 Å². The van der Waals surface area contributed by atoms with E-state index in [-0.39, 0.29) is 18.5 Å². The summed E-state index contributed by atoms with van der Waals surface area (Å²) in [6, 6.07) is 19.2. The second-order valence-electron chi connectivity index (χ2n) is 5.85. The first-order valence-corrected chi connectivity index (χ1v) is 7.79. The van der Waals surface area contributed by atoms with E-state index in [1.54, 1.807) is 0 Å². The van der Waals surface area contributed by atoms with E-state index in [0.717, 1.165) is 24.0 Å². The second-order valence-corrected chi connectivity index (χ2v) is 5.85. The molecule has 0 heterocycles. The SMILES string of the molecule is O=C(O)CN(C(=O)C(c1ccccc1)c1ccccc1)C1CC1. The van der Waals surface area contributed by atoms with Crippen molar-refractivity contribution in [1.29, 1.82) is 0 Å². The van der Waals surface area contributed by atoms with E-state index in [2.05, 4.69) is 0 Å². The summed E-state index contributed by atoms with van der Waals surface area (Å²) in [6.45, 7) is -0.236. The van der Waals surface area contributed by atoms with Crippen LogP contribution in [0.3, 0.4) is 0 Å². The lowest BCUT2D eigenvalue weighted by Crippen LogP contribution is -2.40. The highest BCUT2D eigenvalue weighted by Crippen LogP contribution is 2.33. The van der Waals surface area contributed by atoms with E-state index in [4.69, 9.17) is 5.11 Å². The molecule has 1 N–H and O–H groups in total. The molecule has 1 saturated carbocycles. The number of benzene rings is 2. The van der Waals surface area contributed by atoms with E-state index < -0.39 is 11.9 Å². The highest BCUT2D eigenvalue weighted by atomic mass is 16.4. The zero-order chi connectivity index (χ0) is 16.2. The Labute approximate surface area is 135 Å². The highest BCUT2D eigenvalue weighted by molar-refractivity contribution is 5.90. The molecule has 3 rings (SSSR count). The fraction of sp³-hybridized carbons (Fsp3) is 0.263. The van der Waals surface area contributed by atoms with Gasteiger partial charge in [0.05, 0.1) is 5.92 Å². The Kier molecular flexibility index (Phi) is 4.42. The van der Waals surface area contributed by atoms with Gasteiger partial charge in [0.25, 0.3) is 0 Å². The van der Waals surface area contributed by atoms with Gasteiger partial charge in [0.15, 0.2) is 0 Å². The number of amides is 1. The molecule has 1 aliphatic rings. The van der Waals surface area contributed by atoms with Crippen molar-refractivity contribution in [2.45, 2.75) is 24.8 Å². The standard InChI is InChI=1S/C19H19NO3/c21-17(22)13-20(16-11-12-16)19(23)18(14-7-3-1-4-8-14)15-9-5-2-6-10-15/h1-10,16,18H,11-13H2,(H,21,22). The maximum absolute atomic E-state index is 13.1. The zero-order valence-electron chi connectivity index (χ0n) is 12.8. The number of carboxylic acid groups (broad SMARTS) is 1. The van der Waals surface area contributed by atoms with Crippen molar-refractivity contribution in [2.75, 3.05) is 6.54 Å². The van der Waals surface area contributed by atoms with Gasteiger partial charge in [-0.1, -0.05) is 60.7 Å². The number of hydrogen-bond donors (Lipinski definition) is 1. The lowest BCUT2D eigenvalue weighted by molar-refractivity contribution is -0.145. The number of carbonyl (C=O) groups excluding carboxylic acids is 1. The van der Waals surface area contributed by atoms with Gasteiger partial charge in [-0.2, -0.15) is 0 Å². The van der Waals surface area contributed by atoms with Crippen LogP contribution in [0.15, 0.2) is 60.7 Å². The van der Waals surface area contributed by atoms with Crippen LogP contribution < -0.4 is 0 Å². The quantitative estimate of drug-likeness (QED) is 0.892. The van der Waals surface area contributed by atoms with Gasteiger partial charge < -0.3 is 10.0 Å². The summed E-state index contributed by atoms with van der Waals surface area (Å²) >= 11 is 0. The summed E-state index contributed by atoms with van der Waals surface area (Å²) in [4.78, 5) is 25.8. The van der Waals surface area contributed by atoms with Crippen LogP contribution in [0.25, 0.3) is 0 Å². The van der Waals surface area contributed by atoms with E-state index in [1.165, 1.54) is 4.90 Å². The molecule has 4 heteroatoms. The van der Waals surface area contributed by atoms with Crippen LogP contribution in [0, 0.1) is 0 Å². The molecule has 0 saturated heterocycles. The number of carbonyl (C=O) groups is 2. The van der Waals surface area contributed by atoms with Gasteiger partial charge in [-0.15, -0.1) is 0 Å². The summed E-state index contributed by atoms with van der Waals surface area (Å²) < 4.78 is 0. The molecule has 1 fully saturated rings. The molecule has 0 aliphatic heterocycles. The first kappa shape index (κ1) is 15.3. The van der Waals surface area contributed by atoms with Gasteiger partial charge in [0.2, 0.25) is 5.91 Å². The molecule has 0 aromatic heterocycles.